The van der Waals surface area contributed by atoms with Crippen molar-refractivity contribution in [2.24, 2.45) is 4.99 Å². The van der Waals surface area contributed by atoms with Crippen LogP contribution in [0.4, 0.5) is 0 Å². The van der Waals surface area contributed by atoms with Gasteiger partial charge in [-0.1, -0.05) is 34.1 Å². The van der Waals surface area contributed by atoms with E-state index in [-0.39, 0.29) is 5.91 Å². The lowest BCUT2D eigenvalue weighted by Crippen LogP contribution is -2.38. The minimum absolute atomic E-state index is 0.0675. The molecule has 0 bridgehead atoms. The van der Waals surface area contributed by atoms with Crippen molar-refractivity contribution < 1.29 is 4.79 Å². The molecule has 0 saturated heterocycles. The van der Waals surface area contributed by atoms with Gasteiger partial charge in [0.05, 0.1) is 0 Å². The second kappa shape index (κ2) is 9.97. The van der Waals surface area contributed by atoms with Crippen LogP contribution in [0.3, 0.4) is 0 Å². The molecule has 0 heterocycles. The highest BCUT2D eigenvalue weighted by atomic mass is 79.9. The molecule has 5 nitrogen and oxygen atoms in total. The SMILES string of the molecule is CN=C(NCCc1cccc(C(=O)NC)c1)NCc1ccc(Br)cc1C. The van der Waals surface area contributed by atoms with Crippen molar-refractivity contribution in [2.75, 3.05) is 20.6 Å². The van der Waals surface area contributed by atoms with Crippen LogP contribution in [-0.2, 0) is 13.0 Å². The average Bonchev–Trinajstić information content (AvgIpc) is 2.65. The molecular weight excluding hydrogens is 392 g/mol. The fourth-order valence-corrected chi connectivity index (χ4v) is 3.07. The molecule has 0 aromatic heterocycles. The zero-order valence-corrected chi connectivity index (χ0v) is 17.0. The highest BCUT2D eigenvalue weighted by Gasteiger charge is 2.05. The Labute approximate surface area is 163 Å². The van der Waals surface area contributed by atoms with Gasteiger partial charge in [-0.3, -0.25) is 9.79 Å². The Morgan fingerprint density at radius 2 is 1.96 bits per heavy atom. The summed E-state index contributed by atoms with van der Waals surface area (Å²) >= 11 is 3.48. The van der Waals surface area contributed by atoms with Crippen molar-refractivity contribution in [1.82, 2.24) is 16.0 Å². The molecule has 3 N–H and O–H groups in total. The summed E-state index contributed by atoms with van der Waals surface area (Å²) in [6.45, 7) is 3.54. The van der Waals surface area contributed by atoms with Gasteiger partial charge in [0.1, 0.15) is 0 Å². The number of amides is 1. The first-order chi connectivity index (χ1) is 12.5. The van der Waals surface area contributed by atoms with E-state index in [1.54, 1.807) is 14.1 Å². The van der Waals surface area contributed by atoms with Crippen molar-refractivity contribution in [1.29, 1.82) is 0 Å². The van der Waals surface area contributed by atoms with Gasteiger partial charge in [0.25, 0.3) is 5.91 Å². The number of carbonyl (C=O) groups excluding carboxylic acids is 1. The number of benzene rings is 2. The van der Waals surface area contributed by atoms with Crippen LogP contribution in [0.2, 0.25) is 0 Å². The molecule has 0 fully saturated rings. The number of hydrogen-bond donors (Lipinski definition) is 3. The molecule has 0 spiro atoms. The fourth-order valence-electron chi connectivity index (χ4n) is 2.59. The van der Waals surface area contributed by atoms with E-state index in [1.165, 1.54) is 11.1 Å². The van der Waals surface area contributed by atoms with Crippen molar-refractivity contribution in [3.05, 3.63) is 69.2 Å². The van der Waals surface area contributed by atoms with E-state index in [0.717, 1.165) is 29.0 Å². The number of hydrogen-bond acceptors (Lipinski definition) is 2. The Kier molecular flexibility index (Phi) is 7.66. The van der Waals surface area contributed by atoms with Gasteiger partial charge in [0, 0.05) is 37.2 Å². The van der Waals surface area contributed by atoms with Crippen LogP contribution in [0.5, 0.6) is 0 Å². The van der Waals surface area contributed by atoms with E-state index < -0.39 is 0 Å². The van der Waals surface area contributed by atoms with E-state index in [0.29, 0.717) is 12.1 Å². The summed E-state index contributed by atoms with van der Waals surface area (Å²) in [6, 6.07) is 13.9. The van der Waals surface area contributed by atoms with Crippen LogP contribution < -0.4 is 16.0 Å². The van der Waals surface area contributed by atoms with Crippen LogP contribution in [0, 0.1) is 6.92 Å². The molecule has 0 aliphatic carbocycles. The van der Waals surface area contributed by atoms with Crippen molar-refractivity contribution in [2.45, 2.75) is 19.9 Å². The van der Waals surface area contributed by atoms with E-state index in [1.807, 2.05) is 30.3 Å². The van der Waals surface area contributed by atoms with Crippen LogP contribution >= 0.6 is 15.9 Å². The van der Waals surface area contributed by atoms with Gasteiger partial charge >= 0.3 is 0 Å². The van der Waals surface area contributed by atoms with Crippen molar-refractivity contribution >= 4 is 27.8 Å². The number of aryl methyl sites for hydroxylation is 1. The molecule has 0 saturated carbocycles. The van der Waals surface area contributed by atoms with E-state index in [9.17, 15) is 4.79 Å². The van der Waals surface area contributed by atoms with Gasteiger partial charge in [-0.15, -0.1) is 0 Å². The van der Waals surface area contributed by atoms with Crippen LogP contribution in [0.25, 0.3) is 0 Å². The summed E-state index contributed by atoms with van der Waals surface area (Å²) in [7, 11) is 3.40. The summed E-state index contributed by atoms with van der Waals surface area (Å²) in [5.41, 5.74) is 4.25. The highest BCUT2D eigenvalue weighted by molar-refractivity contribution is 9.10. The van der Waals surface area contributed by atoms with Gasteiger partial charge in [-0.25, -0.2) is 0 Å². The standard InChI is InChI=1S/C20H25BrN4O/c1-14-11-18(21)8-7-17(14)13-25-20(23-3)24-10-9-15-5-4-6-16(12-15)19(26)22-2/h4-8,11-12H,9-10,13H2,1-3H3,(H,22,26)(H2,23,24,25). The molecule has 2 rings (SSSR count). The number of guanidine groups is 1. The number of nitrogens with one attached hydrogen (secondary N) is 3. The summed E-state index contributed by atoms with van der Waals surface area (Å²) in [4.78, 5) is 16.0. The maximum atomic E-state index is 11.7. The number of carbonyl (C=O) groups is 1. The third kappa shape index (κ3) is 5.88. The summed E-state index contributed by atoms with van der Waals surface area (Å²) < 4.78 is 1.08. The number of nitrogens with zero attached hydrogens (tertiary/aromatic N) is 1. The third-order valence-corrected chi connectivity index (χ3v) is 4.59. The molecule has 1 amide bonds. The van der Waals surface area contributed by atoms with Gasteiger partial charge in [0.15, 0.2) is 5.96 Å². The van der Waals surface area contributed by atoms with Crippen LogP contribution in [-0.4, -0.2) is 32.5 Å². The largest absolute Gasteiger partial charge is 0.356 e. The van der Waals surface area contributed by atoms with Crippen LogP contribution in [0.15, 0.2) is 51.9 Å². The van der Waals surface area contributed by atoms with Gasteiger partial charge in [-0.2, -0.15) is 0 Å². The number of aliphatic imine (C=N–C) groups is 1. The summed E-state index contributed by atoms with van der Waals surface area (Å²) in [5.74, 6) is 0.692. The van der Waals surface area contributed by atoms with Gasteiger partial charge in [-0.05, 0) is 54.3 Å². The summed E-state index contributed by atoms with van der Waals surface area (Å²) in [6.07, 6.45) is 0.808. The number of rotatable bonds is 6. The molecule has 0 unspecified atom stereocenters. The van der Waals surface area contributed by atoms with E-state index in [4.69, 9.17) is 0 Å². The molecule has 2 aromatic rings. The molecule has 26 heavy (non-hydrogen) atoms. The predicted molar refractivity (Wildman–Crippen MR) is 111 cm³/mol. The first kappa shape index (κ1) is 20.0. The second-order valence-corrected chi connectivity index (χ2v) is 6.87. The van der Waals surface area contributed by atoms with Crippen LogP contribution in [0.1, 0.15) is 27.0 Å². The Hall–Kier alpha value is -2.34. The molecular formula is C20H25BrN4O. The Morgan fingerprint density at radius 3 is 2.65 bits per heavy atom. The Morgan fingerprint density at radius 1 is 1.15 bits per heavy atom. The Balaban J connectivity index is 1.84. The van der Waals surface area contributed by atoms with E-state index in [2.05, 4.69) is 55.9 Å². The van der Waals surface area contributed by atoms with Crippen molar-refractivity contribution in [3.63, 3.8) is 0 Å². The first-order valence-corrected chi connectivity index (χ1v) is 9.33. The molecule has 0 atom stereocenters. The molecule has 138 valence electrons. The Bertz CT molecular complexity index is 789. The fraction of sp³-hybridized carbons (Fsp3) is 0.300. The molecule has 6 heteroatoms. The quantitative estimate of drug-likeness (QED) is 0.500. The molecule has 0 aliphatic rings. The topological polar surface area (TPSA) is 65.5 Å². The van der Waals surface area contributed by atoms with E-state index >= 15 is 0 Å². The monoisotopic (exact) mass is 416 g/mol. The maximum absolute atomic E-state index is 11.7. The molecule has 0 aliphatic heterocycles. The first-order valence-electron chi connectivity index (χ1n) is 8.54. The predicted octanol–water partition coefficient (Wildman–Crippen LogP) is 3.02. The lowest BCUT2D eigenvalue weighted by molar-refractivity contribution is 0.0963. The van der Waals surface area contributed by atoms with Crippen molar-refractivity contribution in [3.8, 4) is 0 Å². The molecule has 0 radical (unpaired) electrons. The normalized spacial score (nSPS) is 11.2. The summed E-state index contributed by atoms with van der Waals surface area (Å²) in [5, 5.41) is 9.29. The minimum atomic E-state index is -0.0675. The highest BCUT2D eigenvalue weighted by Crippen LogP contribution is 2.15. The lowest BCUT2D eigenvalue weighted by Gasteiger charge is -2.13. The second-order valence-electron chi connectivity index (χ2n) is 5.95. The average molecular weight is 417 g/mol. The maximum Gasteiger partial charge on any atom is 0.251 e. The molecule has 2 aromatic carbocycles. The van der Waals surface area contributed by atoms with Gasteiger partial charge < -0.3 is 16.0 Å². The smallest absolute Gasteiger partial charge is 0.251 e. The zero-order chi connectivity index (χ0) is 18.9. The lowest BCUT2D eigenvalue weighted by atomic mass is 10.1. The third-order valence-electron chi connectivity index (χ3n) is 4.10. The minimum Gasteiger partial charge on any atom is -0.356 e. The zero-order valence-electron chi connectivity index (χ0n) is 15.4. The van der Waals surface area contributed by atoms with Gasteiger partial charge in [0.2, 0.25) is 0 Å². The number of halogens is 1.